The van der Waals surface area contributed by atoms with Crippen molar-refractivity contribution in [3.63, 3.8) is 0 Å². The highest BCUT2D eigenvalue weighted by Gasteiger charge is 2.30. The van der Waals surface area contributed by atoms with Crippen LogP contribution in [0.1, 0.15) is 52.7 Å². The molecule has 3 aromatic heterocycles. The molecule has 0 aliphatic rings. The topological polar surface area (TPSA) is 45.9 Å². The Morgan fingerprint density at radius 2 is 0.685 bits per heavy atom. The first kappa shape index (κ1) is 43.0. The van der Waals surface area contributed by atoms with E-state index < -0.39 is 0 Å². The van der Waals surface area contributed by atoms with E-state index in [1.165, 1.54) is 32.7 Å². The standard InChI is InChI=1S/C68H52N2O3/c1-67(2,3)45-25-31-47(32-26-45)69(49-29-23-41-15-7-9-17-43(41)35-49)57-37-53-55-39-71-40-56(55)54-38-58(70(48-33-27-46(28-34-48)68(4,5)6)50-30-24-42-16-8-10-18-44(42)36-50)62-52-20-12-14-22-60(52)73-66(62)64(54)63(53)65-61(57)51-19-11-13-21-59(51)72-65/h7-40H,1-6H3. The first-order chi connectivity index (χ1) is 35.5. The lowest BCUT2D eigenvalue weighted by molar-refractivity contribution is 0.573. The Morgan fingerprint density at radius 3 is 1.10 bits per heavy atom. The van der Waals surface area contributed by atoms with E-state index in [4.69, 9.17) is 13.3 Å². The Hall–Kier alpha value is -8.80. The zero-order valence-corrected chi connectivity index (χ0v) is 41.7. The summed E-state index contributed by atoms with van der Waals surface area (Å²) in [5.74, 6) is 0. The first-order valence-corrected chi connectivity index (χ1v) is 25.3. The minimum atomic E-state index is -0.0114. The first-order valence-electron chi connectivity index (χ1n) is 25.3. The Labute approximate surface area is 423 Å². The molecule has 0 aliphatic heterocycles. The van der Waals surface area contributed by atoms with Crippen molar-refractivity contribution in [3.8, 4) is 0 Å². The van der Waals surface area contributed by atoms with Crippen LogP contribution in [0.5, 0.6) is 0 Å². The van der Waals surface area contributed by atoms with Crippen molar-refractivity contribution in [1.82, 2.24) is 0 Å². The van der Waals surface area contributed by atoms with Gasteiger partial charge < -0.3 is 23.1 Å². The minimum Gasteiger partial charge on any atom is -0.471 e. The third kappa shape index (κ3) is 6.75. The summed E-state index contributed by atoms with van der Waals surface area (Å²) >= 11 is 0. The number of para-hydroxylation sites is 2. The molecule has 14 rings (SSSR count). The van der Waals surface area contributed by atoms with Crippen LogP contribution in [0.2, 0.25) is 0 Å². The lowest BCUT2D eigenvalue weighted by atomic mass is 9.87. The van der Waals surface area contributed by atoms with Crippen LogP contribution in [-0.2, 0) is 10.8 Å². The van der Waals surface area contributed by atoms with Gasteiger partial charge in [-0.05, 0) is 127 Å². The molecular formula is C68H52N2O3. The normalized spacial score (nSPS) is 12.5. The van der Waals surface area contributed by atoms with E-state index in [2.05, 4.69) is 245 Å². The molecule has 0 saturated carbocycles. The van der Waals surface area contributed by atoms with Gasteiger partial charge in [0.25, 0.3) is 0 Å². The molecule has 5 nitrogen and oxygen atoms in total. The zero-order chi connectivity index (χ0) is 49.3. The Balaban J connectivity index is 1.13. The summed E-state index contributed by atoms with van der Waals surface area (Å²) in [4.78, 5) is 4.82. The maximum Gasteiger partial charge on any atom is 0.146 e. The van der Waals surface area contributed by atoms with Crippen LogP contribution < -0.4 is 9.80 Å². The lowest BCUT2D eigenvalue weighted by Gasteiger charge is -2.29. The van der Waals surface area contributed by atoms with Gasteiger partial charge >= 0.3 is 0 Å². The smallest absolute Gasteiger partial charge is 0.146 e. The van der Waals surface area contributed by atoms with Crippen LogP contribution in [-0.4, -0.2) is 0 Å². The van der Waals surface area contributed by atoms with Crippen LogP contribution >= 0.6 is 0 Å². The van der Waals surface area contributed by atoms with Gasteiger partial charge in [0, 0.05) is 55.1 Å². The maximum atomic E-state index is 7.31. The molecule has 0 spiro atoms. The van der Waals surface area contributed by atoms with Gasteiger partial charge in [-0.25, -0.2) is 0 Å². The fourth-order valence-electron chi connectivity index (χ4n) is 11.5. The van der Waals surface area contributed by atoms with E-state index in [1.54, 1.807) is 0 Å². The Bertz CT molecular complexity index is 4230. The fraction of sp³-hybridized carbons (Fsp3) is 0.118. The molecule has 73 heavy (non-hydrogen) atoms. The van der Waals surface area contributed by atoms with Crippen molar-refractivity contribution < 1.29 is 13.3 Å². The summed E-state index contributed by atoms with van der Waals surface area (Å²) in [7, 11) is 0. The molecule has 5 heteroatoms. The fourth-order valence-corrected chi connectivity index (χ4v) is 11.5. The van der Waals surface area contributed by atoms with Crippen molar-refractivity contribution in [1.29, 1.82) is 0 Å². The van der Waals surface area contributed by atoms with E-state index in [1.807, 2.05) is 12.5 Å². The molecule has 0 radical (unpaired) electrons. The minimum absolute atomic E-state index is 0.0114. The predicted molar refractivity (Wildman–Crippen MR) is 308 cm³/mol. The third-order valence-electron chi connectivity index (χ3n) is 15.2. The van der Waals surface area contributed by atoms with Gasteiger partial charge in [-0.1, -0.05) is 163 Å². The molecule has 0 amide bonds. The van der Waals surface area contributed by atoms with Crippen molar-refractivity contribution in [3.05, 3.63) is 218 Å². The molecule has 0 bridgehead atoms. The zero-order valence-electron chi connectivity index (χ0n) is 41.7. The molecule has 14 aromatic rings. The third-order valence-corrected chi connectivity index (χ3v) is 15.2. The van der Waals surface area contributed by atoms with E-state index in [0.717, 1.165) is 110 Å². The lowest BCUT2D eigenvalue weighted by Crippen LogP contribution is -2.13. The van der Waals surface area contributed by atoms with Crippen molar-refractivity contribution in [2.24, 2.45) is 0 Å². The quantitative estimate of drug-likeness (QED) is 0.155. The molecule has 352 valence electrons. The second-order valence-electron chi connectivity index (χ2n) is 21.8. The predicted octanol–water partition coefficient (Wildman–Crippen LogP) is 20.4. The number of rotatable bonds is 6. The van der Waals surface area contributed by atoms with Gasteiger partial charge in [0.05, 0.1) is 34.7 Å². The van der Waals surface area contributed by atoms with E-state index in [-0.39, 0.29) is 10.8 Å². The molecule has 0 fully saturated rings. The molecule has 0 unspecified atom stereocenters. The van der Waals surface area contributed by atoms with Crippen molar-refractivity contribution in [2.75, 3.05) is 9.80 Å². The number of hydrogen-bond acceptors (Lipinski definition) is 5. The SMILES string of the molecule is CC(C)(C)c1ccc(N(c2ccc3ccccc3c2)c2cc3c4cocc4c4cc(N(c5ccc(C(C)(C)C)cc5)c5ccc6ccccc6c5)c5c6ccccc6oc5c4c3c3oc4ccccc4c23)cc1. The highest BCUT2D eigenvalue weighted by Crippen LogP contribution is 2.54. The van der Waals surface area contributed by atoms with E-state index in [0.29, 0.717) is 0 Å². The number of fused-ring (bicyclic) bond motifs is 16. The molecule has 3 heterocycles. The van der Waals surface area contributed by atoms with Gasteiger partial charge in [0.15, 0.2) is 0 Å². The number of hydrogen-bond donors (Lipinski definition) is 0. The van der Waals surface area contributed by atoms with Crippen LogP contribution in [0.15, 0.2) is 220 Å². The molecule has 11 aromatic carbocycles. The molecule has 0 atom stereocenters. The van der Waals surface area contributed by atoms with Gasteiger partial charge in [-0.15, -0.1) is 0 Å². The average Bonchev–Trinajstić information content (AvgIpc) is 4.16. The number of benzene rings is 11. The highest BCUT2D eigenvalue weighted by atomic mass is 16.3. The van der Waals surface area contributed by atoms with Crippen LogP contribution in [0.25, 0.3) is 97.7 Å². The maximum absolute atomic E-state index is 7.31. The average molecular weight is 945 g/mol. The molecule has 0 N–H and O–H groups in total. The van der Waals surface area contributed by atoms with Gasteiger partial charge in [-0.3, -0.25) is 0 Å². The summed E-state index contributed by atoms with van der Waals surface area (Å²) in [6, 6.07) is 70.5. The van der Waals surface area contributed by atoms with Gasteiger partial charge in [0.2, 0.25) is 0 Å². The summed E-state index contributed by atoms with van der Waals surface area (Å²) in [6.07, 6.45) is 3.81. The van der Waals surface area contributed by atoms with Crippen molar-refractivity contribution in [2.45, 2.75) is 52.4 Å². The second-order valence-corrected chi connectivity index (χ2v) is 21.8. The summed E-state index contributed by atoms with van der Waals surface area (Å²) in [6.45, 7) is 13.6. The van der Waals surface area contributed by atoms with Crippen LogP contribution in [0.3, 0.4) is 0 Å². The highest BCUT2D eigenvalue weighted by molar-refractivity contribution is 6.40. The molecule has 0 aliphatic carbocycles. The van der Waals surface area contributed by atoms with Gasteiger partial charge in [-0.2, -0.15) is 0 Å². The van der Waals surface area contributed by atoms with Crippen LogP contribution in [0, 0.1) is 0 Å². The number of furan rings is 3. The largest absolute Gasteiger partial charge is 0.471 e. The molecular weight excluding hydrogens is 893 g/mol. The van der Waals surface area contributed by atoms with Gasteiger partial charge in [0.1, 0.15) is 22.3 Å². The number of nitrogens with zero attached hydrogens (tertiary/aromatic N) is 2. The number of anilines is 6. The van der Waals surface area contributed by atoms with E-state index in [9.17, 15) is 0 Å². The Morgan fingerprint density at radius 1 is 0.315 bits per heavy atom. The monoisotopic (exact) mass is 944 g/mol. The Kier molecular flexibility index (Phi) is 9.34. The van der Waals surface area contributed by atoms with Crippen molar-refractivity contribution >= 4 is 132 Å². The molecule has 0 saturated heterocycles. The summed E-state index contributed by atoms with van der Waals surface area (Å²) in [5, 5.41) is 14.8. The summed E-state index contributed by atoms with van der Waals surface area (Å²) in [5.41, 5.74) is 11.9. The van der Waals surface area contributed by atoms with E-state index >= 15 is 0 Å². The van der Waals surface area contributed by atoms with Crippen LogP contribution in [0.4, 0.5) is 34.1 Å². The summed E-state index contributed by atoms with van der Waals surface area (Å²) < 4.78 is 21.0. The second kappa shape index (κ2) is 15.9.